The van der Waals surface area contributed by atoms with Crippen molar-refractivity contribution < 1.29 is 28.5 Å². The molecule has 0 fully saturated rings. The van der Waals surface area contributed by atoms with Crippen molar-refractivity contribution in [3.05, 3.63) is 60.0 Å². The van der Waals surface area contributed by atoms with Crippen molar-refractivity contribution in [3.8, 4) is 28.7 Å². The predicted molar refractivity (Wildman–Crippen MR) is 104 cm³/mol. The Kier molecular flexibility index (Phi) is 6.13. The smallest absolute Gasteiger partial charge is 0.331 e. The lowest BCUT2D eigenvalue weighted by molar-refractivity contribution is -0.143. The molecule has 0 unspecified atom stereocenters. The predicted octanol–water partition coefficient (Wildman–Crippen LogP) is 3.78. The Bertz CT molecular complexity index is 1010. The molecule has 0 amide bonds. The van der Waals surface area contributed by atoms with Gasteiger partial charge in [-0.3, -0.25) is 0 Å². The zero-order valence-corrected chi connectivity index (χ0v) is 16.2. The van der Waals surface area contributed by atoms with Gasteiger partial charge < -0.3 is 23.7 Å². The van der Waals surface area contributed by atoms with Crippen LogP contribution in [0, 0.1) is 0 Å². The number of nitrogens with zero attached hydrogens (tertiary/aromatic N) is 2. The van der Waals surface area contributed by atoms with E-state index in [-0.39, 0.29) is 11.6 Å². The van der Waals surface area contributed by atoms with Gasteiger partial charge >= 0.3 is 5.97 Å². The average Bonchev–Trinajstić information content (AvgIpc) is 3.23. The van der Waals surface area contributed by atoms with Gasteiger partial charge in [-0.25, -0.2) is 4.79 Å². The van der Waals surface area contributed by atoms with Crippen molar-refractivity contribution in [2.24, 2.45) is 0 Å². The summed E-state index contributed by atoms with van der Waals surface area (Å²) in [5, 5.41) is 17.5. The van der Waals surface area contributed by atoms with Gasteiger partial charge in [0.05, 0.1) is 14.2 Å². The van der Waals surface area contributed by atoms with Crippen LogP contribution < -0.4 is 9.47 Å². The normalized spacial score (nSPS) is 12.0. The maximum absolute atomic E-state index is 12.1. The molecule has 3 rings (SSSR count). The number of carbonyl (C=O) groups excluding carboxylic acids is 1. The van der Waals surface area contributed by atoms with Crippen LogP contribution >= 0.6 is 0 Å². The minimum absolute atomic E-state index is 0.0184. The van der Waals surface area contributed by atoms with Gasteiger partial charge in [0, 0.05) is 11.6 Å². The number of esters is 1. The van der Waals surface area contributed by atoms with Crippen molar-refractivity contribution in [3.63, 3.8) is 0 Å². The van der Waals surface area contributed by atoms with Crippen molar-refractivity contribution in [1.82, 2.24) is 10.2 Å². The third-order valence-corrected chi connectivity index (χ3v) is 4.03. The summed E-state index contributed by atoms with van der Waals surface area (Å²) in [5.41, 5.74) is 1.40. The molecule has 8 nitrogen and oxygen atoms in total. The third-order valence-electron chi connectivity index (χ3n) is 4.03. The SMILES string of the molecule is COc1ccc(-c2nnc([C@@H](C)OC(=O)/C=C/c3ccc(O)c(OC)c3)o2)cc1. The topological polar surface area (TPSA) is 104 Å². The lowest BCUT2D eigenvalue weighted by Gasteiger charge is -2.07. The Morgan fingerprint density at radius 2 is 1.86 bits per heavy atom. The Hall–Kier alpha value is -3.81. The fourth-order valence-corrected chi connectivity index (χ4v) is 2.48. The van der Waals surface area contributed by atoms with Gasteiger partial charge in [-0.15, -0.1) is 10.2 Å². The van der Waals surface area contributed by atoms with Crippen LogP contribution in [0.15, 0.2) is 53.0 Å². The maximum Gasteiger partial charge on any atom is 0.331 e. The minimum atomic E-state index is -0.721. The molecule has 0 spiro atoms. The van der Waals surface area contributed by atoms with Crippen LogP contribution in [0.4, 0.5) is 0 Å². The molecule has 0 saturated heterocycles. The highest BCUT2D eigenvalue weighted by Gasteiger charge is 2.18. The summed E-state index contributed by atoms with van der Waals surface area (Å²) < 4.78 is 21.1. The van der Waals surface area contributed by atoms with Crippen LogP contribution in [0.5, 0.6) is 17.2 Å². The fourth-order valence-electron chi connectivity index (χ4n) is 2.48. The molecule has 3 aromatic rings. The third kappa shape index (κ3) is 4.92. The molecule has 0 aliphatic heterocycles. The second kappa shape index (κ2) is 8.92. The van der Waals surface area contributed by atoms with E-state index in [1.54, 1.807) is 56.5 Å². The van der Waals surface area contributed by atoms with E-state index in [1.807, 2.05) is 0 Å². The zero-order chi connectivity index (χ0) is 20.8. The molecule has 0 bridgehead atoms. The molecule has 29 heavy (non-hydrogen) atoms. The quantitative estimate of drug-likeness (QED) is 0.475. The maximum atomic E-state index is 12.1. The highest BCUT2D eigenvalue weighted by atomic mass is 16.6. The van der Waals surface area contributed by atoms with Gasteiger partial charge in [-0.2, -0.15) is 0 Å². The lowest BCUT2D eigenvalue weighted by Crippen LogP contribution is -2.06. The molecule has 8 heteroatoms. The Morgan fingerprint density at radius 3 is 2.55 bits per heavy atom. The van der Waals surface area contributed by atoms with E-state index in [4.69, 9.17) is 18.6 Å². The molecule has 0 saturated carbocycles. The van der Waals surface area contributed by atoms with E-state index in [0.29, 0.717) is 23.0 Å². The summed E-state index contributed by atoms with van der Waals surface area (Å²) >= 11 is 0. The molecule has 150 valence electrons. The summed E-state index contributed by atoms with van der Waals surface area (Å²) in [4.78, 5) is 12.1. The first-order valence-corrected chi connectivity index (χ1v) is 8.73. The van der Waals surface area contributed by atoms with Crippen molar-refractivity contribution in [2.45, 2.75) is 13.0 Å². The van der Waals surface area contributed by atoms with E-state index >= 15 is 0 Å². The highest BCUT2D eigenvalue weighted by molar-refractivity contribution is 5.87. The summed E-state index contributed by atoms with van der Waals surface area (Å²) in [7, 11) is 3.03. The van der Waals surface area contributed by atoms with Crippen LogP contribution in [-0.2, 0) is 9.53 Å². The molecule has 0 aliphatic rings. The first-order chi connectivity index (χ1) is 14.0. The average molecular weight is 396 g/mol. The molecule has 0 radical (unpaired) electrons. The Labute approximate surface area is 167 Å². The molecular weight excluding hydrogens is 376 g/mol. The number of carbonyl (C=O) groups is 1. The minimum Gasteiger partial charge on any atom is -0.504 e. The van der Waals surface area contributed by atoms with Crippen molar-refractivity contribution in [2.75, 3.05) is 14.2 Å². The molecule has 0 aliphatic carbocycles. The van der Waals surface area contributed by atoms with E-state index in [1.165, 1.54) is 19.3 Å². The van der Waals surface area contributed by atoms with E-state index in [2.05, 4.69) is 10.2 Å². The number of methoxy groups -OCH3 is 2. The monoisotopic (exact) mass is 396 g/mol. The lowest BCUT2D eigenvalue weighted by atomic mass is 10.2. The number of hydrogen-bond donors (Lipinski definition) is 1. The summed E-state index contributed by atoms with van der Waals surface area (Å²) in [5.74, 6) is 0.972. The molecular formula is C21H20N2O6. The van der Waals surface area contributed by atoms with Crippen molar-refractivity contribution >= 4 is 12.0 Å². The van der Waals surface area contributed by atoms with Gasteiger partial charge in [0.25, 0.3) is 5.89 Å². The van der Waals surface area contributed by atoms with Gasteiger partial charge in [0.2, 0.25) is 5.89 Å². The number of ether oxygens (including phenoxy) is 3. The van der Waals surface area contributed by atoms with Gasteiger partial charge in [-0.05, 0) is 55.0 Å². The number of aromatic hydroxyl groups is 1. The first-order valence-electron chi connectivity index (χ1n) is 8.73. The van der Waals surface area contributed by atoms with Gasteiger partial charge in [-0.1, -0.05) is 6.07 Å². The summed E-state index contributed by atoms with van der Waals surface area (Å²) in [6.45, 7) is 1.64. The molecule has 1 aromatic heterocycles. The van der Waals surface area contributed by atoms with Crippen molar-refractivity contribution in [1.29, 1.82) is 0 Å². The standard InChI is InChI=1S/C21H20N2O6/c1-13(20-22-23-21(29-20)15-6-8-16(26-2)9-7-15)28-19(25)11-5-14-4-10-17(24)18(12-14)27-3/h4-13,24H,1-3H3/b11-5+/t13-/m1/s1. The number of rotatable bonds is 7. The molecule has 2 aromatic carbocycles. The fraction of sp³-hybridized carbons (Fsp3) is 0.190. The van der Waals surface area contributed by atoms with E-state index in [0.717, 1.165) is 5.56 Å². The van der Waals surface area contributed by atoms with Crippen LogP contribution in [-0.4, -0.2) is 35.5 Å². The summed E-state index contributed by atoms with van der Waals surface area (Å²) in [6, 6.07) is 11.9. The second-order valence-corrected chi connectivity index (χ2v) is 6.02. The van der Waals surface area contributed by atoms with Gasteiger partial charge in [0.15, 0.2) is 17.6 Å². The summed E-state index contributed by atoms with van der Waals surface area (Å²) in [6.07, 6.45) is 2.09. The number of phenols is 1. The van der Waals surface area contributed by atoms with Crippen LogP contribution in [0.25, 0.3) is 17.5 Å². The van der Waals surface area contributed by atoms with Crippen LogP contribution in [0.3, 0.4) is 0 Å². The Balaban J connectivity index is 1.63. The number of hydrogen-bond acceptors (Lipinski definition) is 8. The van der Waals surface area contributed by atoms with E-state index in [9.17, 15) is 9.90 Å². The van der Waals surface area contributed by atoms with Gasteiger partial charge in [0.1, 0.15) is 5.75 Å². The van der Waals surface area contributed by atoms with Crippen LogP contribution in [0.1, 0.15) is 24.5 Å². The van der Waals surface area contributed by atoms with E-state index < -0.39 is 12.1 Å². The molecule has 1 heterocycles. The largest absolute Gasteiger partial charge is 0.504 e. The number of aromatic nitrogens is 2. The zero-order valence-electron chi connectivity index (χ0n) is 16.2. The number of benzene rings is 2. The highest BCUT2D eigenvalue weighted by Crippen LogP contribution is 2.27. The first kappa shape index (κ1) is 19.9. The molecule has 1 atom stereocenters. The molecule has 1 N–H and O–H groups in total. The Morgan fingerprint density at radius 1 is 1.10 bits per heavy atom. The van der Waals surface area contributed by atoms with Crippen LogP contribution in [0.2, 0.25) is 0 Å². The number of phenolic OH excluding ortho intramolecular Hbond substituents is 1. The second-order valence-electron chi connectivity index (χ2n) is 6.02.